The Labute approximate surface area is 189 Å². The molecule has 3 aromatic rings. The van der Waals surface area contributed by atoms with Crippen molar-refractivity contribution in [3.63, 3.8) is 0 Å². The number of nitrogens with one attached hydrogen (secondary N) is 1. The van der Waals surface area contributed by atoms with Gasteiger partial charge in [-0.1, -0.05) is 23.7 Å². The van der Waals surface area contributed by atoms with Gasteiger partial charge in [0.2, 0.25) is 0 Å². The van der Waals surface area contributed by atoms with E-state index in [0.29, 0.717) is 11.8 Å². The zero-order valence-electron chi connectivity index (χ0n) is 16.4. The highest BCUT2D eigenvalue weighted by molar-refractivity contribution is 6.33. The normalized spacial score (nSPS) is 10.6. The molecule has 0 spiro atoms. The number of anilines is 1. The first-order chi connectivity index (χ1) is 15.8. The van der Waals surface area contributed by atoms with E-state index in [2.05, 4.69) is 15.7 Å². The lowest BCUT2D eigenvalue weighted by molar-refractivity contribution is -0.394. The van der Waals surface area contributed by atoms with Crippen molar-refractivity contribution in [2.45, 2.75) is 0 Å². The molecule has 0 saturated heterocycles. The quantitative estimate of drug-likeness (QED) is 0.277. The van der Waals surface area contributed by atoms with Crippen LogP contribution in [0.5, 0.6) is 0 Å². The smallest absolute Gasteiger partial charge is 0.338 e. The lowest BCUT2D eigenvalue weighted by atomic mass is 10.1. The van der Waals surface area contributed by atoms with E-state index in [1.54, 1.807) is 18.2 Å². The highest BCUT2D eigenvalue weighted by atomic mass is 35.5. The van der Waals surface area contributed by atoms with Crippen molar-refractivity contribution in [3.8, 4) is 0 Å². The van der Waals surface area contributed by atoms with Crippen molar-refractivity contribution in [1.82, 2.24) is 0 Å². The molecule has 1 N–H and O–H groups in total. The Hall–Kier alpha value is -4.71. The molecule has 0 saturated carbocycles. The van der Waals surface area contributed by atoms with Crippen molar-refractivity contribution in [2.24, 2.45) is 10.2 Å². The molecule has 1 amide bonds. The molecule has 3 aromatic carbocycles. The number of non-ortho nitro benzene ring substituents is 1. The van der Waals surface area contributed by atoms with Gasteiger partial charge in [-0.25, -0.2) is 10.3 Å². The van der Waals surface area contributed by atoms with E-state index in [4.69, 9.17) is 16.4 Å². The Bertz CT molecular complexity index is 1280. The van der Waals surface area contributed by atoms with Crippen molar-refractivity contribution in [2.75, 3.05) is 5.48 Å². The lowest BCUT2D eigenvalue weighted by Gasteiger charge is -2.07. The maximum Gasteiger partial charge on any atom is 0.369 e. The lowest BCUT2D eigenvalue weighted by Crippen LogP contribution is -2.12. The fourth-order valence-corrected chi connectivity index (χ4v) is 2.72. The van der Waals surface area contributed by atoms with E-state index in [9.17, 15) is 29.8 Å². The van der Waals surface area contributed by atoms with Crippen LogP contribution in [-0.2, 0) is 4.84 Å². The maximum absolute atomic E-state index is 12.2. The highest BCUT2D eigenvalue weighted by Gasteiger charge is 2.25. The van der Waals surface area contributed by atoms with Crippen LogP contribution in [0, 0.1) is 20.2 Å². The van der Waals surface area contributed by atoms with Crippen LogP contribution in [0.2, 0.25) is 5.02 Å². The fraction of sp³-hybridized carbons (Fsp3) is 0. The summed E-state index contributed by atoms with van der Waals surface area (Å²) in [6.07, 6.45) is 0. The molecular weight excluding hydrogens is 458 g/mol. The zero-order chi connectivity index (χ0) is 24.0. The van der Waals surface area contributed by atoms with Crippen LogP contribution in [0.3, 0.4) is 0 Å². The number of nitro benzene ring substituents is 2. The van der Waals surface area contributed by atoms with Gasteiger partial charge >= 0.3 is 5.97 Å². The minimum absolute atomic E-state index is 0.202. The molecule has 0 bridgehead atoms. The average molecular weight is 470 g/mol. The number of halogens is 1. The summed E-state index contributed by atoms with van der Waals surface area (Å²) >= 11 is 5.94. The summed E-state index contributed by atoms with van der Waals surface area (Å²) in [4.78, 5) is 49.2. The second kappa shape index (κ2) is 10.1. The largest absolute Gasteiger partial charge is 0.369 e. The zero-order valence-corrected chi connectivity index (χ0v) is 17.1. The molecule has 0 unspecified atom stereocenters. The van der Waals surface area contributed by atoms with Crippen molar-refractivity contribution in [3.05, 3.63) is 103 Å². The summed E-state index contributed by atoms with van der Waals surface area (Å²) in [5.41, 5.74) is 1.33. The third-order valence-corrected chi connectivity index (χ3v) is 4.43. The Morgan fingerprint density at radius 1 is 0.909 bits per heavy atom. The standard InChI is InChI=1S/C20H12ClN5O7/c21-17-4-2-1-3-15(17)19(27)23-22-12-5-7-13(8-6-12)24-33-20(28)16-10-9-14(25(29)30)11-18(16)26(31)32/h1-11,24H. The number of benzene rings is 3. The number of hydrogen-bond acceptors (Lipinski definition) is 9. The van der Waals surface area contributed by atoms with Gasteiger partial charge in [0.25, 0.3) is 17.3 Å². The number of amides is 1. The second-order valence-electron chi connectivity index (χ2n) is 6.24. The molecule has 0 aliphatic rings. The Morgan fingerprint density at radius 2 is 1.61 bits per heavy atom. The number of carbonyl (C=O) groups excluding carboxylic acids is 2. The predicted octanol–water partition coefficient (Wildman–Crippen LogP) is 5.26. The van der Waals surface area contributed by atoms with Crippen LogP contribution in [0.1, 0.15) is 20.7 Å². The second-order valence-corrected chi connectivity index (χ2v) is 6.65. The van der Waals surface area contributed by atoms with Crippen LogP contribution >= 0.6 is 11.6 Å². The maximum atomic E-state index is 12.2. The Morgan fingerprint density at radius 3 is 2.24 bits per heavy atom. The SMILES string of the molecule is O=C(N=Nc1ccc(NOC(=O)c2ccc([N+](=O)[O-])cc2[N+](=O)[O-])cc1)c1ccccc1Cl. The number of carbonyl (C=O) groups is 2. The number of hydrogen-bond donors (Lipinski definition) is 1. The summed E-state index contributed by atoms with van der Waals surface area (Å²) in [5.74, 6) is -1.74. The Kier molecular flexibility index (Phi) is 7.00. The van der Waals surface area contributed by atoms with Crippen LogP contribution in [0.15, 0.2) is 77.0 Å². The van der Waals surface area contributed by atoms with Gasteiger partial charge < -0.3 is 4.84 Å². The van der Waals surface area contributed by atoms with Crippen LogP contribution in [0.25, 0.3) is 0 Å². The number of rotatable bonds is 7. The van der Waals surface area contributed by atoms with E-state index in [1.807, 2.05) is 0 Å². The molecule has 0 aliphatic carbocycles. The van der Waals surface area contributed by atoms with Crippen molar-refractivity contribution < 1.29 is 24.3 Å². The molecule has 0 radical (unpaired) electrons. The van der Waals surface area contributed by atoms with Crippen LogP contribution in [-0.4, -0.2) is 21.7 Å². The molecule has 13 heteroatoms. The highest BCUT2D eigenvalue weighted by Crippen LogP contribution is 2.26. The van der Waals surface area contributed by atoms with Gasteiger partial charge in [-0.05, 0) is 42.5 Å². The van der Waals surface area contributed by atoms with E-state index in [1.165, 1.54) is 30.3 Å². The first-order valence-electron chi connectivity index (χ1n) is 8.97. The minimum Gasteiger partial charge on any atom is -0.338 e. The van der Waals surface area contributed by atoms with Gasteiger partial charge in [-0.15, -0.1) is 10.2 Å². The molecule has 12 nitrogen and oxygen atoms in total. The first kappa shape index (κ1) is 23.0. The topological polar surface area (TPSA) is 166 Å². The summed E-state index contributed by atoms with van der Waals surface area (Å²) in [5, 5.41) is 29.6. The number of nitro groups is 2. The van der Waals surface area contributed by atoms with E-state index >= 15 is 0 Å². The van der Waals surface area contributed by atoms with E-state index in [0.717, 1.165) is 12.1 Å². The molecule has 33 heavy (non-hydrogen) atoms. The fourth-order valence-electron chi connectivity index (χ4n) is 2.51. The molecule has 0 aromatic heterocycles. The summed E-state index contributed by atoms with van der Waals surface area (Å²) < 4.78 is 0. The third kappa shape index (κ3) is 5.71. The van der Waals surface area contributed by atoms with Gasteiger partial charge in [0.05, 0.1) is 37.9 Å². The number of azo groups is 1. The van der Waals surface area contributed by atoms with E-state index < -0.39 is 38.7 Å². The van der Waals surface area contributed by atoms with Crippen LogP contribution < -0.4 is 5.48 Å². The molecule has 166 valence electrons. The number of nitrogens with zero attached hydrogens (tertiary/aromatic N) is 4. The summed E-state index contributed by atoms with van der Waals surface area (Å²) in [7, 11) is 0. The summed E-state index contributed by atoms with van der Waals surface area (Å²) in [6.45, 7) is 0. The van der Waals surface area contributed by atoms with Crippen LogP contribution in [0.4, 0.5) is 22.7 Å². The van der Waals surface area contributed by atoms with Crippen molar-refractivity contribution in [1.29, 1.82) is 0 Å². The van der Waals surface area contributed by atoms with Crippen molar-refractivity contribution >= 4 is 46.2 Å². The molecule has 0 atom stereocenters. The molecule has 0 heterocycles. The van der Waals surface area contributed by atoms with Gasteiger partial charge in [-0.3, -0.25) is 25.0 Å². The minimum atomic E-state index is -1.12. The molecule has 3 rings (SSSR count). The predicted molar refractivity (Wildman–Crippen MR) is 116 cm³/mol. The molecule has 0 aliphatic heterocycles. The van der Waals surface area contributed by atoms with Gasteiger partial charge in [-0.2, -0.15) is 0 Å². The average Bonchev–Trinajstić information content (AvgIpc) is 2.81. The Balaban J connectivity index is 1.64. The molecular formula is C20H12ClN5O7. The monoisotopic (exact) mass is 469 g/mol. The van der Waals surface area contributed by atoms with Gasteiger partial charge in [0.1, 0.15) is 5.56 Å². The van der Waals surface area contributed by atoms with Gasteiger partial charge in [0.15, 0.2) is 0 Å². The van der Waals surface area contributed by atoms with Gasteiger partial charge in [0, 0.05) is 6.07 Å². The molecule has 0 fully saturated rings. The van der Waals surface area contributed by atoms with E-state index in [-0.39, 0.29) is 16.3 Å². The third-order valence-electron chi connectivity index (χ3n) is 4.10. The summed E-state index contributed by atoms with van der Waals surface area (Å²) in [6, 6.07) is 14.8. The first-order valence-corrected chi connectivity index (χ1v) is 9.34.